The largest absolute Gasteiger partial charge is 0.452 e. The molecule has 0 radical (unpaired) electrons. The number of nitriles is 1. The molecule has 0 spiro atoms. The van der Waals surface area contributed by atoms with E-state index in [1.54, 1.807) is 10.6 Å². The van der Waals surface area contributed by atoms with Crippen LogP contribution in [0.1, 0.15) is 27.2 Å². The van der Waals surface area contributed by atoms with E-state index in [-0.39, 0.29) is 10.7 Å². The van der Waals surface area contributed by atoms with Crippen molar-refractivity contribution in [3.63, 3.8) is 0 Å². The highest BCUT2D eigenvalue weighted by Crippen LogP contribution is 2.29. The molecule has 146 valence electrons. The molecule has 2 aromatic heterocycles. The fourth-order valence-electron chi connectivity index (χ4n) is 2.88. The number of esters is 1. The molecule has 3 aromatic rings. The molecule has 0 saturated heterocycles. The van der Waals surface area contributed by atoms with Crippen LogP contribution in [-0.4, -0.2) is 28.0 Å². The number of nitrogens with zero attached hydrogens (tertiary/aromatic N) is 3. The molecule has 0 atom stereocenters. The highest BCUT2D eigenvalue weighted by Gasteiger charge is 2.21. The van der Waals surface area contributed by atoms with Gasteiger partial charge in [0.1, 0.15) is 17.0 Å². The summed E-state index contributed by atoms with van der Waals surface area (Å²) in [6, 6.07) is 14.5. The van der Waals surface area contributed by atoms with Crippen LogP contribution in [0.2, 0.25) is 5.15 Å². The minimum atomic E-state index is -0.760. The third-order valence-corrected chi connectivity index (χ3v) is 4.71. The number of halogens is 1. The first-order valence-electron chi connectivity index (χ1n) is 8.69. The number of pyridine rings is 1. The smallest absolute Gasteiger partial charge is 0.341 e. The summed E-state index contributed by atoms with van der Waals surface area (Å²) < 4.78 is 6.81. The quantitative estimate of drug-likeness (QED) is 0.511. The molecular weight excluding hydrogens is 392 g/mol. The van der Waals surface area contributed by atoms with Gasteiger partial charge in [0.25, 0.3) is 5.91 Å². The number of hydrogen-bond acceptors (Lipinski definition) is 5. The summed E-state index contributed by atoms with van der Waals surface area (Å²) in [7, 11) is 0. The van der Waals surface area contributed by atoms with Gasteiger partial charge in [-0.1, -0.05) is 29.8 Å². The van der Waals surface area contributed by atoms with Gasteiger partial charge in [-0.05, 0) is 43.7 Å². The van der Waals surface area contributed by atoms with Crippen LogP contribution >= 0.6 is 11.6 Å². The molecule has 0 fully saturated rings. The molecule has 29 heavy (non-hydrogen) atoms. The number of carbonyl (C=O) groups excluding carboxylic acids is 2. The molecule has 8 heteroatoms. The van der Waals surface area contributed by atoms with E-state index in [4.69, 9.17) is 16.3 Å². The molecule has 1 N–H and O–H groups in total. The van der Waals surface area contributed by atoms with Crippen LogP contribution in [0.15, 0.2) is 48.7 Å². The molecule has 1 aromatic carbocycles. The fraction of sp³-hybridized carbons (Fsp3) is 0.143. The van der Waals surface area contributed by atoms with Gasteiger partial charge in [0.2, 0.25) is 0 Å². The number of para-hydroxylation sites is 1. The SMILES string of the molecule is Cc1c(C#N)c(NC(=O)COC(=O)c2cccnc2Cl)n(-c2ccccc2)c1C. The van der Waals surface area contributed by atoms with E-state index < -0.39 is 18.5 Å². The highest BCUT2D eigenvalue weighted by atomic mass is 35.5. The summed E-state index contributed by atoms with van der Waals surface area (Å²) in [4.78, 5) is 28.4. The Morgan fingerprint density at radius 2 is 1.93 bits per heavy atom. The molecular formula is C21H17ClN4O3. The van der Waals surface area contributed by atoms with Gasteiger partial charge in [-0.15, -0.1) is 0 Å². The lowest BCUT2D eigenvalue weighted by molar-refractivity contribution is -0.119. The van der Waals surface area contributed by atoms with E-state index in [2.05, 4.69) is 16.4 Å². The summed E-state index contributed by atoms with van der Waals surface area (Å²) in [5, 5.41) is 12.3. The van der Waals surface area contributed by atoms with E-state index in [9.17, 15) is 14.9 Å². The Morgan fingerprint density at radius 3 is 2.59 bits per heavy atom. The number of benzene rings is 1. The first-order chi connectivity index (χ1) is 13.9. The minimum absolute atomic E-state index is 0.00567. The summed E-state index contributed by atoms with van der Waals surface area (Å²) >= 11 is 5.86. The number of anilines is 1. The second-order valence-electron chi connectivity index (χ2n) is 6.18. The van der Waals surface area contributed by atoms with Crippen LogP contribution in [0.4, 0.5) is 5.82 Å². The van der Waals surface area contributed by atoms with E-state index in [0.717, 1.165) is 16.9 Å². The van der Waals surface area contributed by atoms with Gasteiger partial charge in [-0.2, -0.15) is 5.26 Å². The zero-order valence-electron chi connectivity index (χ0n) is 15.8. The van der Waals surface area contributed by atoms with E-state index in [1.165, 1.54) is 12.3 Å². The van der Waals surface area contributed by atoms with Crippen LogP contribution < -0.4 is 5.32 Å². The van der Waals surface area contributed by atoms with Crippen molar-refractivity contribution in [1.29, 1.82) is 5.26 Å². The summed E-state index contributed by atoms with van der Waals surface area (Å²) in [5.74, 6) is -1.01. The number of rotatable bonds is 5. The molecule has 3 rings (SSSR count). The van der Waals surface area contributed by atoms with Crippen molar-refractivity contribution < 1.29 is 14.3 Å². The maximum atomic E-state index is 12.4. The Balaban J connectivity index is 1.82. The molecule has 0 aliphatic carbocycles. The van der Waals surface area contributed by atoms with Crippen molar-refractivity contribution in [3.05, 3.63) is 76.2 Å². The lowest BCUT2D eigenvalue weighted by atomic mass is 10.2. The van der Waals surface area contributed by atoms with E-state index >= 15 is 0 Å². The predicted molar refractivity (Wildman–Crippen MR) is 108 cm³/mol. The number of ether oxygens (including phenoxy) is 1. The molecule has 0 bridgehead atoms. The maximum Gasteiger partial charge on any atom is 0.341 e. The zero-order valence-corrected chi connectivity index (χ0v) is 16.5. The van der Waals surface area contributed by atoms with Crippen LogP contribution in [0.3, 0.4) is 0 Å². The van der Waals surface area contributed by atoms with Gasteiger partial charge in [-0.3, -0.25) is 9.36 Å². The Morgan fingerprint density at radius 1 is 1.21 bits per heavy atom. The molecule has 0 unspecified atom stereocenters. The van der Waals surface area contributed by atoms with Gasteiger partial charge >= 0.3 is 5.97 Å². The number of aromatic nitrogens is 2. The average molecular weight is 409 g/mol. The van der Waals surface area contributed by atoms with E-state index in [0.29, 0.717) is 11.4 Å². The third-order valence-electron chi connectivity index (χ3n) is 4.41. The van der Waals surface area contributed by atoms with Crippen molar-refractivity contribution in [2.75, 3.05) is 11.9 Å². The third kappa shape index (κ3) is 4.13. The fourth-order valence-corrected chi connectivity index (χ4v) is 3.07. The summed E-state index contributed by atoms with van der Waals surface area (Å²) in [5.41, 5.74) is 2.79. The average Bonchev–Trinajstić information content (AvgIpc) is 2.96. The Bertz CT molecular complexity index is 1120. The monoisotopic (exact) mass is 408 g/mol. The highest BCUT2D eigenvalue weighted by molar-refractivity contribution is 6.32. The molecule has 0 aliphatic heterocycles. The Hall–Kier alpha value is -3.63. The van der Waals surface area contributed by atoms with E-state index in [1.807, 2.05) is 44.2 Å². The molecule has 7 nitrogen and oxygen atoms in total. The topological polar surface area (TPSA) is 97.0 Å². The van der Waals surface area contributed by atoms with Crippen LogP contribution in [0.25, 0.3) is 5.69 Å². The Kier molecular flexibility index (Phi) is 5.96. The lowest BCUT2D eigenvalue weighted by Crippen LogP contribution is -2.23. The van der Waals surface area contributed by atoms with Crippen LogP contribution in [0.5, 0.6) is 0 Å². The first kappa shape index (κ1) is 20.1. The summed E-state index contributed by atoms with van der Waals surface area (Å²) in [6.45, 7) is 3.14. The van der Waals surface area contributed by atoms with Gasteiger partial charge in [0.05, 0.1) is 11.1 Å². The first-order valence-corrected chi connectivity index (χ1v) is 9.06. The summed E-state index contributed by atoms with van der Waals surface area (Å²) in [6.07, 6.45) is 1.44. The normalized spacial score (nSPS) is 10.3. The van der Waals surface area contributed by atoms with Gasteiger partial charge < -0.3 is 10.1 Å². The molecule has 2 heterocycles. The van der Waals surface area contributed by atoms with Crippen molar-refractivity contribution in [2.24, 2.45) is 0 Å². The number of hydrogen-bond donors (Lipinski definition) is 1. The molecule has 1 amide bonds. The van der Waals surface area contributed by atoms with Crippen LogP contribution in [-0.2, 0) is 9.53 Å². The number of nitrogens with one attached hydrogen (secondary N) is 1. The van der Waals surface area contributed by atoms with Crippen molar-refractivity contribution in [2.45, 2.75) is 13.8 Å². The van der Waals surface area contributed by atoms with Crippen molar-refractivity contribution >= 4 is 29.3 Å². The number of carbonyl (C=O) groups is 2. The second kappa shape index (κ2) is 8.59. The lowest BCUT2D eigenvalue weighted by Gasteiger charge is -2.13. The van der Waals surface area contributed by atoms with Crippen molar-refractivity contribution in [3.8, 4) is 11.8 Å². The minimum Gasteiger partial charge on any atom is -0.452 e. The van der Waals surface area contributed by atoms with Crippen molar-refractivity contribution in [1.82, 2.24) is 9.55 Å². The molecule has 0 aliphatic rings. The Labute approximate surface area is 172 Å². The van der Waals surface area contributed by atoms with Gasteiger partial charge in [-0.25, -0.2) is 9.78 Å². The van der Waals surface area contributed by atoms with Gasteiger partial charge in [0, 0.05) is 17.6 Å². The maximum absolute atomic E-state index is 12.4. The van der Waals surface area contributed by atoms with Crippen LogP contribution in [0, 0.1) is 25.2 Å². The van der Waals surface area contributed by atoms with Gasteiger partial charge in [0.15, 0.2) is 6.61 Å². The second-order valence-corrected chi connectivity index (χ2v) is 6.54. The standard InChI is InChI=1S/C21H17ClN4O3/c1-13-14(2)26(15-7-4-3-5-8-15)20(17(13)11-23)25-18(27)12-29-21(28)16-9-6-10-24-19(16)22/h3-10H,12H2,1-2H3,(H,25,27). The number of amides is 1. The predicted octanol–water partition coefficient (Wildman–Crippen LogP) is 3.81. The molecule has 0 saturated carbocycles. The zero-order chi connectivity index (χ0) is 21.0.